The zero-order valence-corrected chi connectivity index (χ0v) is 20.9. The van der Waals surface area contributed by atoms with E-state index < -0.39 is 12.0 Å². The highest BCUT2D eigenvalue weighted by Crippen LogP contribution is 2.35. The Kier molecular flexibility index (Phi) is 6.86. The van der Waals surface area contributed by atoms with Gasteiger partial charge in [0.15, 0.2) is 5.65 Å². The first-order valence-electron chi connectivity index (χ1n) is 12.6. The van der Waals surface area contributed by atoms with Crippen LogP contribution in [0.3, 0.4) is 0 Å². The Morgan fingerprint density at radius 2 is 1.92 bits per heavy atom. The number of aromatic nitrogens is 4. The van der Waals surface area contributed by atoms with Crippen LogP contribution in [-0.4, -0.2) is 57.8 Å². The van der Waals surface area contributed by atoms with Gasteiger partial charge >= 0.3 is 6.09 Å². The fourth-order valence-corrected chi connectivity index (χ4v) is 5.21. The van der Waals surface area contributed by atoms with Crippen LogP contribution in [0.5, 0.6) is 0 Å². The van der Waals surface area contributed by atoms with Crippen molar-refractivity contribution in [2.75, 3.05) is 31.2 Å². The van der Waals surface area contributed by atoms with Crippen molar-refractivity contribution in [1.82, 2.24) is 19.5 Å². The van der Waals surface area contributed by atoms with Crippen molar-refractivity contribution in [3.05, 3.63) is 35.7 Å². The molecule has 2 aliphatic rings. The van der Waals surface area contributed by atoms with Crippen LogP contribution in [0.15, 0.2) is 24.3 Å². The Morgan fingerprint density at radius 1 is 1.17 bits per heavy atom. The molecule has 2 aromatic heterocycles. The van der Waals surface area contributed by atoms with Crippen LogP contribution < -0.4 is 10.6 Å². The summed E-state index contributed by atoms with van der Waals surface area (Å²) in [6.45, 7) is 7.95. The average Bonchev–Trinajstić information content (AvgIpc) is 3.23. The lowest BCUT2D eigenvalue weighted by molar-refractivity contribution is 0.121. The van der Waals surface area contributed by atoms with Gasteiger partial charge in [-0.05, 0) is 37.7 Å². The molecule has 0 unspecified atom stereocenters. The molecule has 5 rings (SSSR count). The lowest BCUT2D eigenvalue weighted by atomic mass is 9.83. The summed E-state index contributed by atoms with van der Waals surface area (Å²) in [5.41, 5.74) is 9.10. The van der Waals surface area contributed by atoms with Gasteiger partial charge < -0.3 is 24.7 Å². The largest absolute Gasteiger partial charge is 0.411 e. The number of rotatable bonds is 5. The number of ether oxygens (including phenoxy) is 2. The SMILES string of the molecule is Cc1cccc(-c2nc(C(=N)OC(N)=O)nc3nc(N4CCOCC4)n(CC4CCC(C)CC4)c23)c1. The topological polar surface area (TPSA) is 132 Å². The lowest BCUT2D eigenvalue weighted by Crippen LogP contribution is -2.38. The van der Waals surface area contributed by atoms with Gasteiger partial charge in [-0.2, -0.15) is 4.98 Å². The molecule has 3 N–H and O–H groups in total. The fraction of sp³-hybridized carbons (Fsp3) is 0.500. The second-order valence-corrected chi connectivity index (χ2v) is 9.94. The van der Waals surface area contributed by atoms with Crippen molar-refractivity contribution < 1.29 is 14.3 Å². The van der Waals surface area contributed by atoms with Crippen LogP contribution in [-0.2, 0) is 16.0 Å². The summed E-state index contributed by atoms with van der Waals surface area (Å²) in [6.07, 6.45) is 3.75. The molecule has 1 saturated heterocycles. The zero-order valence-electron chi connectivity index (χ0n) is 20.9. The number of benzene rings is 1. The zero-order chi connectivity index (χ0) is 25.2. The molecule has 0 atom stereocenters. The summed E-state index contributed by atoms with van der Waals surface area (Å²) < 4.78 is 12.7. The Hall–Kier alpha value is -3.53. The molecule has 10 nitrogen and oxygen atoms in total. The number of carbonyl (C=O) groups excluding carboxylic acids is 1. The number of imidazole rings is 1. The van der Waals surface area contributed by atoms with Crippen LogP contribution >= 0.6 is 0 Å². The Bertz CT molecular complexity index is 1270. The molecular formula is C26H33N7O3. The molecule has 190 valence electrons. The molecule has 3 heterocycles. The van der Waals surface area contributed by atoms with E-state index in [-0.39, 0.29) is 5.82 Å². The van der Waals surface area contributed by atoms with Crippen molar-refractivity contribution >= 4 is 29.1 Å². The number of nitrogens with zero attached hydrogens (tertiary/aromatic N) is 5. The molecule has 1 aliphatic heterocycles. The highest BCUT2D eigenvalue weighted by atomic mass is 16.6. The number of anilines is 1. The summed E-state index contributed by atoms with van der Waals surface area (Å²) >= 11 is 0. The third kappa shape index (κ3) is 5.04. The van der Waals surface area contributed by atoms with E-state index in [1.165, 1.54) is 25.7 Å². The second kappa shape index (κ2) is 10.2. The van der Waals surface area contributed by atoms with E-state index in [9.17, 15) is 4.79 Å². The molecule has 1 aliphatic carbocycles. The number of nitrogens with one attached hydrogen (secondary N) is 1. The van der Waals surface area contributed by atoms with Crippen molar-refractivity contribution in [3.63, 3.8) is 0 Å². The van der Waals surface area contributed by atoms with Gasteiger partial charge in [-0.15, -0.1) is 0 Å². The van der Waals surface area contributed by atoms with Gasteiger partial charge in [0.05, 0.1) is 13.2 Å². The number of fused-ring (bicyclic) bond motifs is 1. The van der Waals surface area contributed by atoms with Crippen molar-refractivity contribution in [2.45, 2.75) is 46.1 Å². The number of hydrogen-bond donors (Lipinski definition) is 2. The Balaban J connectivity index is 1.69. The van der Waals surface area contributed by atoms with E-state index in [1.54, 1.807) is 0 Å². The van der Waals surface area contributed by atoms with Crippen LogP contribution in [0.2, 0.25) is 0 Å². The van der Waals surface area contributed by atoms with Crippen molar-refractivity contribution in [2.24, 2.45) is 17.6 Å². The molecule has 0 radical (unpaired) electrons. The maximum atomic E-state index is 11.3. The van der Waals surface area contributed by atoms with Crippen molar-refractivity contribution in [3.8, 4) is 11.3 Å². The number of carbonyl (C=O) groups is 1. The first kappa shape index (κ1) is 24.2. The molecule has 3 aromatic rings. The quantitative estimate of drug-likeness (QED) is 0.409. The summed E-state index contributed by atoms with van der Waals surface area (Å²) in [4.78, 5) is 27.8. The van der Waals surface area contributed by atoms with E-state index in [4.69, 9.17) is 30.6 Å². The van der Waals surface area contributed by atoms with Crippen LogP contribution in [0, 0.1) is 24.2 Å². The van der Waals surface area contributed by atoms with E-state index in [0.717, 1.165) is 48.1 Å². The third-order valence-corrected chi connectivity index (χ3v) is 7.15. The van der Waals surface area contributed by atoms with Gasteiger partial charge in [0.1, 0.15) is 11.2 Å². The van der Waals surface area contributed by atoms with Crippen LogP contribution in [0.1, 0.15) is 44.0 Å². The summed E-state index contributed by atoms with van der Waals surface area (Å²) in [7, 11) is 0. The predicted molar refractivity (Wildman–Crippen MR) is 137 cm³/mol. The normalized spacial score (nSPS) is 20.4. The highest BCUT2D eigenvalue weighted by molar-refractivity contribution is 5.98. The minimum absolute atomic E-state index is 0.0255. The van der Waals surface area contributed by atoms with Gasteiger partial charge in [0, 0.05) is 25.2 Å². The first-order valence-corrected chi connectivity index (χ1v) is 12.6. The molecule has 1 amide bonds. The Morgan fingerprint density at radius 3 is 2.61 bits per heavy atom. The first-order chi connectivity index (χ1) is 17.4. The number of hydrogen-bond acceptors (Lipinski definition) is 8. The number of morpholine rings is 1. The molecular weight excluding hydrogens is 458 g/mol. The minimum atomic E-state index is -1.08. The van der Waals surface area contributed by atoms with Gasteiger partial charge in [0.25, 0.3) is 5.90 Å². The molecule has 36 heavy (non-hydrogen) atoms. The smallest absolute Gasteiger partial charge is 0.388 e. The van der Waals surface area contributed by atoms with Gasteiger partial charge in [-0.1, -0.05) is 43.5 Å². The number of primary amides is 1. The molecule has 2 fully saturated rings. The fourth-order valence-electron chi connectivity index (χ4n) is 5.21. The van der Waals surface area contributed by atoms with E-state index in [0.29, 0.717) is 30.5 Å². The van der Waals surface area contributed by atoms with E-state index >= 15 is 0 Å². The van der Waals surface area contributed by atoms with Crippen LogP contribution in [0.25, 0.3) is 22.4 Å². The standard InChI is InChI=1S/C26H33N7O3/c1-16-6-8-18(9-7-16)15-33-21-20(19-5-3-4-17(2)14-19)29-24(22(27)36-25(28)34)30-23(21)31-26(33)32-10-12-35-13-11-32/h3-5,14,16,18,27H,6-13,15H2,1-2H3,(H2,28,34). The van der Waals surface area contributed by atoms with E-state index in [2.05, 4.69) is 27.4 Å². The average molecular weight is 492 g/mol. The Labute approximate surface area is 210 Å². The number of amides is 1. The maximum Gasteiger partial charge on any atom is 0.411 e. The summed E-state index contributed by atoms with van der Waals surface area (Å²) in [5.74, 6) is 1.63. The minimum Gasteiger partial charge on any atom is -0.388 e. The molecule has 1 aromatic carbocycles. The van der Waals surface area contributed by atoms with Gasteiger partial charge in [-0.25, -0.2) is 14.8 Å². The monoisotopic (exact) mass is 491 g/mol. The third-order valence-electron chi connectivity index (χ3n) is 7.15. The molecule has 0 spiro atoms. The molecule has 1 saturated carbocycles. The van der Waals surface area contributed by atoms with Crippen molar-refractivity contribution in [1.29, 1.82) is 5.41 Å². The molecule has 10 heteroatoms. The van der Waals surface area contributed by atoms with Crippen LogP contribution in [0.4, 0.5) is 10.7 Å². The number of nitrogens with two attached hydrogens (primary N) is 1. The molecule has 0 bridgehead atoms. The highest BCUT2D eigenvalue weighted by Gasteiger charge is 2.28. The second-order valence-electron chi connectivity index (χ2n) is 9.94. The van der Waals surface area contributed by atoms with E-state index in [1.807, 2.05) is 25.1 Å². The van der Waals surface area contributed by atoms with Gasteiger partial charge in [0.2, 0.25) is 11.8 Å². The summed E-state index contributed by atoms with van der Waals surface area (Å²) in [6, 6.07) is 8.06. The predicted octanol–water partition coefficient (Wildman–Crippen LogP) is 3.89. The lowest BCUT2D eigenvalue weighted by Gasteiger charge is -2.31. The maximum absolute atomic E-state index is 11.3. The van der Waals surface area contributed by atoms with Gasteiger partial charge in [-0.3, -0.25) is 5.41 Å². The number of aryl methyl sites for hydroxylation is 1. The summed E-state index contributed by atoms with van der Waals surface area (Å²) in [5, 5.41) is 8.21.